The largest absolute Gasteiger partial charge is 0.508 e. The molecule has 174 valence electrons. The van der Waals surface area contributed by atoms with Gasteiger partial charge >= 0.3 is 0 Å². The molecule has 1 N–H and O–H groups in total. The Bertz CT molecular complexity index is 896. The number of hydrogen-bond donors (Lipinski definition) is 1. The van der Waals surface area contributed by atoms with Gasteiger partial charge in [-0.25, -0.2) is 0 Å². The first-order valence-electron chi connectivity index (χ1n) is 12.1. The van der Waals surface area contributed by atoms with E-state index in [0.29, 0.717) is 25.2 Å². The zero-order valence-electron chi connectivity index (χ0n) is 20.3. The summed E-state index contributed by atoms with van der Waals surface area (Å²) in [5.74, 6) is 0.325. The topological polar surface area (TPSA) is 47.0 Å². The predicted molar refractivity (Wildman–Crippen MR) is 131 cm³/mol. The molecule has 0 radical (unpaired) electrons. The molecule has 3 atom stereocenters. The number of amides is 1. The van der Waals surface area contributed by atoms with E-state index in [1.165, 1.54) is 0 Å². The molecule has 1 amide bonds. The van der Waals surface area contributed by atoms with Crippen LogP contribution in [0.5, 0.6) is 5.75 Å². The fourth-order valence-electron chi connectivity index (χ4n) is 5.04. The van der Waals surface area contributed by atoms with Crippen LogP contribution in [0.4, 0.5) is 0 Å². The highest BCUT2D eigenvalue weighted by Gasteiger charge is 2.36. The molecule has 5 heteroatoms. The Morgan fingerprint density at radius 1 is 1.03 bits per heavy atom. The molecule has 1 aliphatic heterocycles. The minimum absolute atomic E-state index is 0.0704. The molecule has 2 aromatic rings. The summed E-state index contributed by atoms with van der Waals surface area (Å²) < 4.78 is 0. The second-order valence-corrected chi connectivity index (χ2v) is 8.95. The molecule has 1 heterocycles. The van der Waals surface area contributed by atoms with E-state index >= 15 is 0 Å². The Balaban J connectivity index is 2.09. The van der Waals surface area contributed by atoms with Crippen LogP contribution in [-0.2, 0) is 0 Å². The highest BCUT2D eigenvalue weighted by molar-refractivity contribution is 5.96. The van der Waals surface area contributed by atoms with Crippen LogP contribution in [0.25, 0.3) is 0 Å². The maximum Gasteiger partial charge on any atom is 0.254 e. The average molecular weight is 438 g/mol. The quantitative estimate of drug-likeness (QED) is 0.646. The van der Waals surface area contributed by atoms with Crippen molar-refractivity contribution in [3.8, 4) is 5.75 Å². The monoisotopic (exact) mass is 437 g/mol. The van der Waals surface area contributed by atoms with E-state index in [1.54, 1.807) is 6.07 Å². The van der Waals surface area contributed by atoms with E-state index < -0.39 is 0 Å². The number of piperazine rings is 1. The van der Waals surface area contributed by atoms with Gasteiger partial charge in [-0.15, -0.1) is 0 Å². The minimum atomic E-state index is -0.0981. The first-order chi connectivity index (χ1) is 15.4. The van der Waals surface area contributed by atoms with Gasteiger partial charge in [0.1, 0.15) is 5.75 Å². The average Bonchev–Trinajstić information content (AvgIpc) is 2.78. The molecular formula is C27H39N3O2. The second-order valence-electron chi connectivity index (χ2n) is 8.95. The van der Waals surface area contributed by atoms with Crippen LogP contribution in [0, 0.1) is 0 Å². The van der Waals surface area contributed by atoms with Gasteiger partial charge in [0.2, 0.25) is 0 Å². The van der Waals surface area contributed by atoms with Gasteiger partial charge in [-0.3, -0.25) is 14.6 Å². The van der Waals surface area contributed by atoms with Gasteiger partial charge in [-0.2, -0.15) is 0 Å². The maximum atomic E-state index is 13.4. The molecule has 1 aliphatic rings. The van der Waals surface area contributed by atoms with Gasteiger partial charge in [-0.1, -0.05) is 37.3 Å². The molecule has 2 aromatic carbocycles. The lowest BCUT2D eigenvalue weighted by atomic mass is 9.90. The van der Waals surface area contributed by atoms with Crippen LogP contribution in [0.1, 0.15) is 68.6 Å². The smallest absolute Gasteiger partial charge is 0.254 e. The van der Waals surface area contributed by atoms with Crippen LogP contribution in [0.2, 0.25) is 0 Å². The molecule has 0 saturated carbocycles. The summed E-state index contributed by atoms with van der Waals surface area (Å²) in [4.78, 5) is 20.4. The van der Waals surface area contributed by atoms with E-state index in [1.807, 2.05) is 49.1 Å². The van der Waals surface area contributed by atoms with Crippen LogP contribution in [-0.4, -0.2) is 70.5 Å². The van der Waals surface area contributed by atoms with E-state index in [9.17, 15) is 9.90 Å². The molecule has 0 aromatic heterocycles. The predicted octanol–water partition coefficient (Wildman–Crippen LogP) is 4.77. The SMILES string of the molecule is CCCN1C[C@@H](C)N([C@H](c2cccc(O)c2)c2ccccc2C(=O)N(CC)CC)C[C@H]1C. The van der Waals surface area contributed by atoms with Crippen molar-refractivity contribution in [2.75, 3.05) is 32.7 Å². The van der Waals surface area contributed by atoms with Gasteiger partial charge in [0.05, 0.1) is 6.04 Å². The normalized spacial score (nSPS) is 20.8. The molecule has 3 rings (SSSR count). The summed E-state index contributed by atoms with van der Waals surface area (Å²) in [7, 11) is 0. The fraction of sp³-hybridized carbons (Fsp3) is 0.519. The lowest BCUT2D eigenvalue weighted by Crippen LogP contribution is -2.57. The van der Waals surface area contributed by atoms with Crippen molar-refractivity contribution in [2.24, 2.45) is 0 Å². The van der Waals surface area contributed by atoms with Crippen LogP contribution >= 0.6 is 0 Å². The van der Waals surface area contributed by atoms with Crippen molar-refractivity contribution in [3.63, 3.8) is 0 Å². The Hall–Kier alpha value is -2.37. The van der Waals surface area contributed by atoms with E-state index in [2.05, 4.69) is 42.7 Å². The van der Waals surface area contributed by atoms with E-state index in [-0.39, 0.29) is 17.7 Å². The molecule has 0 spiro atoms. The number of carbonyl (C=O) groups excluding carboxylic acids is 1. The van der Waals surface area contributed by atoms with E-state index in [0.717, 1.165) is 42.7 Å². The molecule has 0 aliphatic carbocycles. The number of phenolic OH excluding ortho intramolecular Hbond substituents is 1. The molecule has 32 heavy (non-hydrogen) atoms. The summed E-state index contributed by atoms with van der Waals surface area (Å²) in [6.07, 6.45) is 1.15. The Morgan fingerprint density at radius 3 is 2.41 bits per heavy atom. The lowest BCUT2D eigenvalue weighted by molar-refractivity contribution is 0.0238. The number of aromatic hydroxyl groups is 1. The number of benzene rings is 2. The zero-order chi connectivity index (χ0) is 23.3. The van der Waals surface area contributed by atoms with Gasteiger partial charge < -0.3 is 10.0 Å². The summed E-state index contributed by atoms with van der Waals surface area (Å²) in [5, 5.41) is 10.3. The van der Waals surface area contributed by atoms with Crippen LogP contribution in [0.15, 0.2) is 48.5 Å². The number of phenols is 1. The van der Waals surface area contributed by atoms with Crippen molar-refractivity contribution in [3.05, 3.63) is 65.2 Å². The van der Waals surface area contributed by atoms with Gasteiger partial charge in [0.15, 0.2) is 0 Å². The summed E-state index contributed by atoms with van der Waals surface area (Å²) in [6, 6.07) is 16.2. The molecule has 5 nitrogen and oxygen atoms in total. The number of hydrogen-bond acceptors (Lipinski definition) is 4. The van der Waals surface area contributed by atoms with E-state index in [4.69, 9.17) is 0 Å². The third-order valence-electron chi connectivity index (χ3n) is 6.73. The van der Waals surface area contributed by atoms with Crippen molar-refractivity contribution >= 4 is 5.91 Å². The highest BCUT2D eigenvalue weighted by atomic mass is 16.3. The van der Waals surface area contributed by atoms with Crippen molar-refractivity contribution < 1.29 is 9.90 Å². The highest BCUT2D eigenvalue weighted by Crippen LogP contribution is 2.36. The van der Waals surface area contributed by atoms with Crippen molar-refractivity contribution in [1.82, 2.24) is 14.7 Å². The number of nitrogens with zero attached hydrogens (tertiary/aromatic N) is 3. The number of carbonyl (C=O) groups is 1. The second kappa shape index (κ2) is 11.0. The summed E-state index contributed by atoms with van der Waals surface area (Å²) in [6.45, 7) is 15.2. The summed E-state index contributed by atoms with van der Waals surface area (Å²) >= 11 is 0. The summed E-state index contributed by atoms with van der Waals surface area (Å²) in [5.41, 5.74) is 2.78. The van der Waals surface area contributed by atoms with Gasteiger partial charge in [0, 0.05) is 43.8 Å². The van der Waals surface area contributed by atoms with Gasteiger partial charge in [0.25, 0.3) is 5.91 Å². The standard InChI is InChI=1S/C27H39N3O2/c1-6-16-29-18-21(5)30(19-20(29)4)26(22-12-11-13-23(31)17-22)24-14-9-10-15-25(24)27(32)28(7-2)8-3/h9-15,17,20-21,26,31H,6-8,16,18-19H2,1-5H3/t20-,21-,26-/m1/s1. The Morgan fingerprint density at radius 2 is 1.75 bits per heavy atom. The third-order valence-corrected chi connectivity index (χ3v) is 6.73. The van der Waals surface area contributed by atoms with Crippen molar-refractivity contribution in [2.45, 2.75) is 59.2 Å². The minimum Gasteiger partial charge on any atom is -0.508 e. The molecule has 0 bridgehead atoms. The van der Waals surface area contributed by atoms with Crippen molar-refractivity contribution in [1.29, 1.82) is 0 Å². The van der Waals surface area contributed by atoms with Crippen LogP contribution < -0.4 is 0 Å². The lowest BCUT2D eigenvalue weighted by Gasteiger charge is -2.48. The fourth-order valence-corrected chi connectivity index (χ4v) is 5.04. The third kappa shape index (κ3) is 5.16. The molecule has 0 unspecified atom stereocenters. The van der Waals surface area contributed by atoms with Crippen LogP contribution in [0.3, 0.4) is 0 Å². The molecule has 1 fully saturated rings. The maximum absolute atomic E-state index is 13.4. The number of rotatable bonds is 8. The first kappa shape index (κ1) is 24.3. The first-order valence-corrected chi connectivity index (χ1v) is 12.1. The zero-order valence-corrected chi connectivity index (χ0v) is 20.3. The molecular weight excluding hydrogens is 398 g/mol. The Labute approximate surface area is 193 Å². The Kier molecular flexibility index (Phi) is 8.32. The molecule has 1 saturated heterocycles. The van der Waals surface area contributed by atoms with Gasteiger partial charge in [-0.05, 0) is 70.0 Å².